The quantitative estimate of drug-likeness (QED) is 0.0269. The highest BCUT2D eigenvalue weighted by Gasteiger charge is 2.25. The molecule has 0 aromatic heterocycles. The Morgan fingerprint density at radius 2 is 0.964 bits per heavy atom. The molecule has 55 heavy (non-hydrogen) atoms. The Morgan fingerprint density at radius 3 is 1.49 bits per heavy atom. The van der Waals surface area contributed by atoms with Crippen molar-refractivity contribution in [2.24, 2.45) is 5.73 Å². The zero-order chi connectivity index (χ0) is 40.3. The zero-order valence-corrected chi connectivity index (χ0v) is 35.8. The first-order valence-corrected chi connectivity index (χ1v) is 23.3. The Morgan fingerprint density at radius 1 is 0.545 bits per heavy atom. The van der Waals surface area contributed by atoms with Crippen LogP contribution in [0.5, 0.6) is 0 Å². The van der Waals surface area contributed by atoms with E-state index in [9.17, 15) is 19.0 Å². The van der Waals surface area contributed by atoms with Gasteiger partial charge in [0.1, 0.15) is 6.61 Å². The molecule has 0 rings (SSSR count). The molecule has 0 saturated heterocycles. The number of allylic oxidation sites excluding steroid dienone is 10. The lowest BCUT2D eigenvalue weighted by Crippen LogP contribution is -2.29. The summed E-state index contributed by atoms with van der Waals surface area (Å²) in [7, 11) is -4.39. The van der Waals surface area contributed by atoms with Crippen LogP contribution in [-0.2, 0) is 32.7 Å². The number of hydrogen-bond donors (Lipinski definition) is 2. The summed E-state index contributed by atoms with van der Waals surface area (Å²) in [6.45, 7) is 3.63. The van der Waals surface area contributed by atoms with E-state index in [4.69, 9.17) is 24.3 Å². The minimum Gasteiger partial charge on any atom is -0.462 e. The van der Waals surface area contributed by atoms with Crippen molar-refractivity contribution < 1.29 is 37.6 Å². The highest BCUT2D eigenvalue weighted by molar-refractivity contribution is 7.47. The summed E-state index contributed by atoms with van der Waals surface area (Å²) in [6, 6.07) is 0. The molecular weight excluding hydrogens is 713 g/mol. The van der Waals surface area contributed by atoms with E-state index in [0.717, 1.165) is 51.4 Å². The number of carbonyl (C=O) groups excluding carboxylic acids is 2. The fraction of sp³-hybridized carbons (Fsp3) is 0.733. The Hall–Kier alpha value is -2.29. The lowest BCUT2D eigenvalue weighted by atomic mass is 10.1. The zero-order valence-electron chi connectivity index (χ0n) is 34.9. The molecule has 0 aliphatic carbocycles. The van der Waals surface area contributed by atoms with Crippen LogP contribution in [0.2, 0.25) is 0 Å². The van der Waals surface area contributed by atoms with Crippen LogP contribution in [0.1, 0.15) is 181 Å². The largest absolute Gasteiger partial charge is 0.472 e. The summed E-state index contributed by atoms with van der Waals surface area (Å²) < 4.78 is 32.7. The van der Waals surface area contributed by atoms with E-state index in [0.29, 0.717) is 19.3 Å². The van der Waals surface area contributed by atoms with Gasteiger partial charge >= 0.3 is 19.8 Å². The topological polar surface area (TPSA) is 134 Å². The van der Waals surface area contributed by atoms with Crippen molar-refractivity contribution >= 4 is 19.8 Å². The standard InChI is InChI=1S/C45H80NO8P/c1-3-5-7-9-11-13-15-17-19-21-23-25-27-29-31-33-35-37-44(47)51-41-43(42-53-55(49,50)52-40-39-46)54-45(48)38-36-34-32-30-28-26-24-22-20-18-16-14-12-10-8-6-4-2/h11,13,17-20,24,26,30,32,43H,3-10,12,14-16,21-23,25,27-29,31,33-42,46H2,1-2H3,(H,49,50)/b13-11-,19-17-,20-18-,26-24-,32-30-/t43-/m1/s1. The minimum atomic E-state index is -4.39. The molecule has 10 heteroatoms. The van der Waals surface area contributed by atoms with Gasteiger partial charge in [-0.15, -0.1) is 0 Å². The molecular formula is C45H80NO8P. The minimum absolute atomic E-state index is 0.0422. The molecule has 318 valence electrons. The number of esters is 2. The number of rotatable bonds is 40. The van der Waals surface area contributed by atoms with Gasteiger partial charge in [-0.05, 0) is 77.0 Å². The summed E-state index contributed by atoms with van der Waals surface area (Å²) in [5, 5.41) is 0. The van der Waals surface area contributed by atoms with E-state index < -0.39 is 32.5 Å². The molecule has 0 heterocycles. The molecule has 0 radical (unpaired) electrons. The van der Waals surface area contributed by atoms with Crippen LogP contribution >= 0.6 is 7.82 Å². The second kappa shape index (κ2) is 41.3. The van der Waals surface area contributed by atoms with Gasteiger partial charge < -0.3 is 20.1 Å². The predicted octanol–water partition coefficient (Wildman–Crippen LogP) is 12.5. The first-order valence-electron chi connectivity index (χ1n) is 21.8. The number of ether oxygens (including phenoxy) is 2. The second-order valence-electron chi connectivity index (χ2n) is 14.2. The molecule has 0 aliphatic rings. The first-order chi connectivity index (χ1) is 26.8. The number of hydrogen-bond acceptors (Lipinski definition) is 8. The molecule has 0 aromatic rings. The number of nitrogens with two attached hydrogens (primary N) is 1. The molecule has 9 nitrogen and oxygen atoms in total. The third kappa shape index (κ3) is 41.2. The van der Waals surface area contributed by atoms with Gasteiger partial charge in [-0.1, -0.05) is 152 Å². The Labute approximate surface area is 336 Å². The molecule has 0 fully saturated rings. The van der Waals surface area contributed by atoms with Crippen LogP contribution < -0.4 is 5.73 Å². The summed E-state index contributed by atoms with van der Waals surface area (Å²) >= 11 is 0. The van der Waals surface area contributed by atoms with Crippen LogP contribution in [0.15, 0.2) is 60.8 Å². The fourth-order valence-electron chi connectivity index (χ4n) is 5.62. The Balaban J connectivity index is 4.26. The van der Waals surface area contributed by atoms with E-state index in [1.807, 2.05) is 6.08 Å². The number of phosphoric ester groups is 1. The summed E-state index contributed by atoms with van der Waals surface area (Å²) in [5.41, 5.74) is 5.34. The van der Waals surface area contributed by atoms with Crippen molar-refractivity contribution in [1.29, 1.82) is 0 Å². The first kappa shape index (κ1) is 52.7. The van der Waals surface area contributed by atoms with Crippen molar-refractivity contribution in [1.82, 2.24) is 0 Å². The average Bonchev–Trinajstić information content (AvgIpc) is 3.17. The average molecular weight is 794 g/mol. The normalized spacial score (nSPS) is 13.9. The van der Waals surface area contributed by atoms with Crippen molar-refractivity contribution in [2.45, 2.75) is 187 Å². The van der Waals surface area contributed by atoms with E-state index in [2.05, 4.69) is 68.5 Å². The third-order valence-corrected chi connectivity index (χ3v) is 9.86. The molecule has 0 saturated carbocycles. The van der Waals surface area contributed by atoms with Crippen LogP contribution in [0.4, 0.5) is 0 Å². The molecule has 0 aromatic carbocycles. The molecule has 1 unspecified atom stereocenters. The van der Waals surface area contributed by atoms with Gasteiger partial charge in [0.15, 0.2) is 6.10 Å². The third-order valence-electron chi connectivity index (χ3n) is 8.88. The van der Waals surface area contributed by atoms with E-state index >= 15 is 0 Å². The lowest BCUT2D eigenvalue weighted by molar-refractivity contribution is -0.161. The Bertz CT molecular complexity index is 1090. The van der Waals surface area contributed by atoms with Gasteiger partial charge in [0.05, 0.1) is 13.2 Å². The maximum Gasteiger partial charge on any atom is 0.472 e. The summed E-state index contributed by atoms with van der Waals surface area (Å²) in [4.78, 5) is 34.8. The number of unbranched alkanes of at least 4 members (excludes halogenated alkanes) is 17. The summed E-state index contributed by atoms with van der Waals surface area (Å²) in [5.74, 6) is -0.902. The molecule has 3 N–H and O–H groups in total. The Kier molecular flexibility index (Phi) is 39.6. The number of phosphoric acid groups is 1. The van der Waals surface area contributed by atoms with Crippen molar-refractivity contribution in [3.05, 3.63) is 60.8 Å². The van der Waals surface area contributed by atoms with Crippen LogP contribution in [0.25, 0.3) is 0 Å². The van der Waals surface area contributed by atoms with Gasteiger partial charge in [0.25, 0.3) is 0 Å². The van der Waals surface area contributed by atoms with Gasteiger partial charge in [0.2, 0.25) is 0 Å². The second-order valence-corrected chi connectivity index (χ2v) is 15.7. The van der Waals surface area contributed by atoms with Crippen molar-refractivity contribution in [2.75, 3.05) is 26.4 Å². The maximum absolute atomic E-state index is 12.6. The van der Waals surface area contributed by atoms with E-state index in [-0.39, 0.29) is 32.6 Å². The molecule has 2 atom stereocenters. The summed E-state index contributed by atoms with van der Waals surface area (Å²) in [6.07, 6.45) is 48.3. The molecule has 0 amide bonds. The van der Waals surface area contributed by atoms with Gasteiger partial charge in [-0.2, -0.15) is 0 Å². The predicted molar refractivity (Wildman–Crippen MR) is 229 cm³/mol. The lowest BCUT2D eigenvalue weighted by Gasteiger charge is -2.19. The molecule has 0 bridgehead atoms. The van der Waals surface area contributed by atoms with Crippen LogP contribution in [-0.4, -0.2) is 49.3 Å². The molecule has 0 aliphatic heterocycles. The van der Waals surface area contributed by atoms with Crippen LogP contribution in [0.3, 0.4) is 0 Å². The van der Waals surface area contributed by atoms with E-state index in [1.54, 1.807) is 0 Å². The van der Waals surface area contributed by atoms with Gasteiger partial charge in [0, 0.05) is 19.4 Å². The number of carbonyl (C=O) groups is 2. The van der Waals surface area contributed by atoms with Gasteiger partial charge in [-0.25, -0.2) is 4.57 Å². The monoisotopic (exact) mass is 794 g/mol. The maximum atomic E-state index is 12.6. The highest BCUT2D eigenvalue weighted by Crippen LogP contribution is 2.43. The SMILES string of the molecule is CCCCC/C=C\C/C=C\CCCCCCCCCC(=O)OC[C@H](COP(=O)(O)OCCN)OC(=O)CCC/C=C\C/C=C\C/C=C\CCCCCCCC. The highest BCUT2D eigenvalue weighted by atomic mass is 31.2. The van der Waals surface area contributed by atoms with Crippen molar-refractivity contribution in [3.8, 4) is 0 Å². The van der Waals surface area contributed by atoms with E-state index in [1.165, 1.54) is 83.5 Å². The fourth-order valence-corrected chi connectivity index (χ4v) is 6.39. The molecule has 0 spiro atoms. The van der Waals surface area contributed by atoms with Crippen LogP contribution in [0, 0.1) is 0 Å². The smallest absolute Gasteiger partial charge is 0.462 e. The van der Waals surface area contributed by atoms with Crippen molar-refractivity contribution in [3.63, 3.8) is 0 Å². The van der Waals surface area contributed by atoms with Gasteiger partial charge in [-0.3, -0.25) is 18.6 Å².